The van der Waals surface area contributed by atoms with Gasteiger partial charge in [-0.05, 0) is 78.6 Å². The number of rotatable bonds is 8. The molecule has 4 unspecified atom stereocenters. The molecule has 4 heteroatoms. The van der Waals surface area contributed by atoms with Crippen LogP contribution in [-0.4, -0.2) is 10.4 Å². The molecule has 2 aliphatic rings. The molecule has 0 saturated carbocycles. The minimum atomic E-state index is -0.493. The van der Waals surface area contributed by atoms with Gasteiger partial charge in [-0.25, -0.2) is 4.99 Å². The van der Waals surface area contributed by atoms with Crippen LogP contribution in [0.5, 0.6) is 0 Å². The number of aromatic nitrogens is 1. The van der Waals surface area contributed by atoms with Crippen LogP contribution in [0.3, 0.4) is 0 Å². The number of benzene rings is 4. The molecular weight excluding hydrogens is 573 g/mol. The molecule has 1 aromatic heterocycles. The number of aliphatic imine (C=N–C) groups is 1. The molecule has 0 fully saturated rings. The minimum Gasteiger partial charge on any atom is -0.363 e. The van der Waals surface area contributed by atoms with Crippen molar-refractivity contribution < 1.29 is 0 Å². The van der Waals surface area contributed by atoms with Crippen molar-refractivity contribution in [2.24, 2.45) is 16.6 Å². The van der Waals surface area contributed by atoms with Gasteiger partial charge in [0.15, 0.2) is 0 Å². The molecule has 4 atom stereocenters. The summed E-state index contributed by atoms with van der Waals surface area (Å²) in [6.07, 6.45) is 16.0. The number of hydrogen-bond donors (Lipinski definition) is 2. The molecule has 0 bridgehead atoms. The lowest BCUT2D eigenvalue weighted by Gasteiger charge is -2.33. The number of para-hydroxylation sites is 1. The van der Waals surface area contributed by atoms with Crippen molar-refractivity contribution in [2.75, 3.05) is 0 Å². The zero-order chi connectivity index (χ0) is 32.4. The fraction of sp³-hybridized carbons (Fsp3) is 0.233. The summed E-state index contributed by atoms with van der Waals surface area (Å²) in [5.74, 6) is 1.37. The SMILES string of the molecule is CCC(NC(=NC(N)c1ccccc1)C1=CC(C)(n2c3ccccc3c3cc(C4=CC=CC(C)C4)ccc32)CC=C1)c1ccccc1. The predicted molar refractivity (Wildman–Crippen MR) is 199 cm³/mol. The van der Waals surface area contributed by atoms with Crippen LogP contribution in [0.1, 0.15) is 68.9 Å². The van der Waals surface area contributed by atoms with Crippen molar-refractivity contribution in [3.8, 4) is 0 Å². The van der Waals surface area contributed by atoms with Crippen molar-refractivity contribution >= 4 is 33.2 Å². The Labute approximate surface area is 278 Å². The number of amidine groups is 1. The van der Waals surface area contributed by atoms with E-state index in [0.29, 0.717) is 5.92 Å². The van der Waals surface area contributed by atoms with E-state index in [-0.39, 0.29) is 11.6 Å². The summed E-state index contributed by atoms with van der Waals surface area (Å²) in [5, 5.41) is 6.40. The highest BCUT2D eigenvalue weighted by Crippen LogP contribution is 2.40. The molecule has 5 aromatic rings. The minimum absolute atomic E-state index is 0.0960. The fourth-order valence-corrected chi connectivity index (χ4v) is 7.28. The molecule has 1 heterocycles. The summed E-state index contributed by atoms with van der Waals surface area (Å²) in [5.41, 5.74) is 14.9. The van der Waals surface area contributed by atoms with Gasteiger partial charge in [-0.15, -0.1) is 0 Å². The number of fused-ring (bicyclic) bond motifs is 3. The molecule has 47 heavy (non-hydrogen) atoms. The Morgan fingerprint density at radius 2 is 1.62 bits per heavy atom. The second kappa shape index (κ2) is 13.1. The maximum atomic E-state index is 6.76. The molecule has 0 spiro atoms. The summed E-state index contributed by atoms with van der Waals surface area (Å²) in [6, 6.07) is 36.7. The van der Waals surface area contributed by atoms with E-state index in [1.807, 2.05) is 30.3 Å². The molecule has 0 saturated heterocycles. The predicted octanol–water partition coefficient (Wildman–Crippen LogP) is 10.2. The van der Waals surface area contributed by atoms with Gasteiger partial charge in [-0.2, -0.15) is 0 Å². The van der Waals surface area contributed by atoms with E-state index >= 15 is 0 Å². The van der Waals surface area contributed by atoms with E-state index in [1.165, 1.54) is 38.5 Å². The first-order valence-electron chi connectivity index (χ1n) is 16.9. The van der Waals surface area contributed by atoms with Crippen LogP contribution in [-0.2, 0) is 5.54 Å². The molecule has 0 radical (unpaired) electrons. The quantitative estimate of drug-likeness (QED) is 0.135. The smallest absolute Gasteiger partial charge is 0.130 e. The lowest BCUT2D eigenvalue weighted by Crippen LogP contribution is -2.35. The molecule has 7 rings (SSSR count). The number of nitrogens with one attached hydrogen (secondary N) is 1. The van der Waals surface area contributed by atoms with Crippen LogP contribution in [0, 0.1) is 5.92 Å². The Morgan fingerprint density at radius 3 is 2.36 bits per heavy atom. The number of hydrogen-bond acceptors (Lipinski definition) is 2. The monoisotopic (exact) mass is 616 g/mol. The third-order valence-electron chi connectivity index (χ3n) is 9.73. The van der Waals surface area contributed by atoms with Crippen LogP contribution in [0.4, 0.5) is 0 Å². The third kappa shape index (κ3) is 6.14. The van der Waals surface area contributed by atoms with Gasteiger partial charge < -0.3 is 15.6 Å². The largest absolute Gasteiger partial charge is 0.363 e. The lowest BCUT2D eigenvalue weighted by molar-refractivity contribution is 0.436. The summed E-state index contributed by atoms with van der Waals surface area (Å²) in [7, 11) is 0. The topological polar surface area (TPSA) is 55.3 Å². The highest BCUT2D eigenvalue weighted by Gasteiger charge is 2.31. The molecule has 4 aromatic carbocycles. The maximum absolute atomic E-state index is 6.76. The van der Waals surface area contributed by atoms with E-state index in [9.17, 15) is 0 Å². The first-order valence-corrected chi connectivity index (χ1v) is 16.9. The van der Waals surface area contributed by atoms with Crippen molar-refractivity contribution in [1.82, 2.24) is 9.88 Å². The van der Waals surface area contributed by atoms with Crippen LogP contribution < -0.4 is 11.1 Å². The van der Waals surface area contributed by atoms with Crippen molar-refractivity contribution in [3.05, 3.63) is 162 Å². The highest BCUT2D eigenvalue weighted by atomic mass is 15.1. The van der Waals surface area contributed by atoms with E-state index < -0.39 is 6.17 Å². The molecule has 0 aliphatic heterocycles. The summed E-state index contributed by atoms with van der Waals surface area (Å²) in [6.45, 7) is 6.84. The second-order valence-electron chi connectivity index (χ2n) is 13.3. The lowest BCUT2D eigenvalue weighted by atomic mass is 9.88. The van der Waals surface area contributed by atoms with E-state index in [2.05, 4.69) is 140 Å². The van der Waals surface area contributed by atoms with Gasteiger partial charge in [-0.1, -0.05) is 129 Å². The van der Waals surface area contributed by atoms with Crippen molar-refractivity contribution in [2.45, 2.75) is 57.8 Å². The Morgan fingerprint density at radius 1 is 0.915 bits per heavy atom. The van der Waals surface area contributed by atoms with Gasteiger partial charge in [0, 0.05) is 27.4 Å². The summed E-state index contributed by atoms with van der Waals surface area (Å²) < 4.78 is 2.53. The van der Waals surface area contributed by atoms with Crippen LogP contribution in [0.25, 0.3) is 27.4 Å². The molecule has 2 aliphatic carbocycles. The Kier molecular flexibility index (Phi) is 8.53. The van der Waals surface area contributed by atoms with E-state index in [4.69, 9.17) is 10.7 Å². The van der Waals surface area contributed by atoms with Gasteiger partial charge in [0.25, 0.3) is 0 Å². The normalized spacial score (nSPS) is 21.0. The third-order valence-corrected chi connectivity index (χ3v) is 9.73. The number of allylic oxidation sites excluding steroid dienone is 6. The average Bonchev–Trinajstić information content (AvgIpc) is 3.45. The molecule has 3 N–H and O–H groups in total. The molecular formula is C43H44N4. The maximum Gasteiger partial charge on any atom is 0.130 e. The van der Waals surface area contributed by atoms with Gasteiger partial charge in [-0.3, -0.25) is 0 Å². The molecule has 0 amide bonds. The van der Waals surface area contributed by atoms with Crippen LogP contribution in [0.15, 0.2) is 150 Å². The fourth-order valence-electron chi connectivity index (χ4n) is 7.28. The molecule has 4 nitrogen and oxygen atoms in total. The van der Waals surface area contributed by atoms with Gasteiger partial charge in [0.2, 0.25) is 0 Å². The standard InChI is InChI=1S/C43H44N4/c1-4-38(31-16-7-5-8-17-31)45-42(46-41(44)32-18-9-6-10-19-32)35-21-14-26-43(3,29-35)47-39-23-12-11-22-36(39)37-28-34(24-25-40(37)47)33-20-13-15-30(2)27-33/h5-25,28-30,38,41H,4,26-27,44H2,1-3H3,(H,45,46). The molecule has 236 valence electrons. The van der Waals surface area contributed by atoms with Gasteiger partial charge >= 0.3 is 0 Å². The summed E-state index contributed by atoms with van der Waals surface area (Å²) >= 11 is 0. The zero-order valence-electron chi connectivity index (χ0n) is 27.6. The zero-order valence-corrected chi connectivity index (χ0v) is 27.6. The van der Waals surface area contributed by atoms with Crippen LogP contribution >= 0.6 is 0 Å². The van der Waals surface area contributed by atoms with Gasteiger partial charge in [0.05, 0.1) is 11.6 Å². The number of nitrogens with zero attached hydrogens (tertiary/aromatic N) is 2. The van der Waals surface area contributed by atoms with E-state index in [0.717, 1.165) is 36.2 Å². The first-order chi connectivity index (χ1) is 22.9. The van der Waals surface area contributed by atoms with Crippen molar-refractivity contribution in [1.29, 1.82) is 0 Å². The summed E-state index contributed by atoms with van der Waals surface area (Å²) in [4.78, 5) is 5.17. The first kappa shape index (κ1) is 30.7. The van der Waals surface area contributed by atoms with Gasteiger partial charge in [0.1, 0.15) is 12.0 Å². The Balaban J connectivity index is 1.34. The Hall–Kier alpha value is -4.93. The number of nitrogens with two attached hydrogens (primary N) is 1. The Bertz CT molecular complexity index is 2040. The van der Waals surface area contributed by atoms with Crippen LogP contribution in [0.2, 0.25) is 0 Å². The highest BCUT2D eigenvalue weighted by molar-refractivity contribution is 6.09. The van der Waals surface area contributed by atoms with Crippen molar-refractivity contribution in [3.63, 3.8) is 0 Å². The average molecular weight is 617 g/mol. The second-order valence-corrected chi connectivity index (χ2v) is 13.3. The van der Waals surface area contributed by atoms with E-state index in [1.54, 1.807) is 0 Å².